The summed E-state index contributed by atoms with van der Waals surface area (Å²) in [5.74, 6) is -3.24. The first-order valence-electron chi connectivity index (χ1n) is 13.4. The number of carbonyl (C=O) groups excluding carboxylic acids is 3. The maximum Gasteiger partial charge on any atom is 0.410 e. The molecule has 2 atom stereocenters. The van der Waals surface area contributed by atoms with E-state index in [2.05, 4.69) is 10.5 Å². The molecule has 1 aliphatic heterocycles. The molecule has 2 heterocycles. The molecular formula is C30H34F2N4O5. The third kappa shape index (κ3) is 7.68. The average molecular weight is 569 g/mol. The second-order valence-electron chi connectivity index (χ2n) is 11.1. The largest absolute Gasteiger partial charge is 0.444 e. The third-order valence-electron chi connectivity index (χ3n) is 6.79. The number of benzene rings is 2. The highest BCUT2D eigenvalue weighted by Gasteiger charge is 2.39. The Kier molecular flexibility index (Phi) is 9.05. The number of rotatable bonds is 7. The zero-order chi connectivity index (χ0) is 29.7. The molecule has 0 aliphatic carbocycles. The minimum atomic E-state index is -0.855. The predicted molar refractivity (Wildman–Crippen MR) is 147 cm³/mol. The van der Waals surface area contributed by atoms with Crippen molar-refractivity contribution < 1.29 is 32.4 Å². The van der Waals surface area contributed by atoms with Gasteiger partial charge in [-0.1, -0.05) is 35.5 Å². The summed E-state index contributed by atoms with van der Waals surface area (Å²) in [5.41, 5.74) is 0.206. The molecule has 218 valence electrons. The number of halogens is 2. The first-order valence-corrected chi connectivity index (χ1v) is 13.4. The average Bonchev–Trinajstić information content (AvgIpc) is 3.41. The van der Waals surface area contributed by atoms with E-state index in [0.29, 0.717) is 25.5 Å². The molecule has 1 saturated heterocycles. The SMILES string of the molecule is CN(CCc1ccccc1)C(=O)[C@@H]1CN(C(=O)OC(C)(C)C)CC[C@H]1NC(=O)c1cc(-c2ccc(F)cc2F)on1. The lowest BCUT2D eigenvalue weighted by atomic mass is 9.90. The van der Waals surface area contributed by atoms with Gasteiger partial charge in [0.2, 0.25) is 5.91 Å². The number of nitrogens with zero attached hydrogens (tertiary/aromatic N) is 3. The monoisotopic (exact) mass is 568 g/mol. The third-order valence-corrected chi connectivity index (χ3v) is 6.79. The van der Waals surface area contributed by atoms with Gasteiger partial charge in [0.25, 0.3) is 5.91 Å². The fraction of sp³-hybridized carbons (Fsp3) is 0.400. The van der Waals surface area contributed by atoms with Gasteiger partial charge in [-0.2, -0.15) is 0 Å². The van der Waals surface area contributed by atoms with Crippen molar-refractivity contribution in [1.29, 1.82) is 0 Å². The van der Waals surface area contributed by atoms with Crippen molar-refractivity contribution in [1.82, 2.24) is 20.3 Å². The molecule has 0 spiro atoms. The van der Waals surface area contributed by atoms with E-state index in [1.54, 1.807) is 32.7 Å². The van der Waals surface area contributed by atoms with Crippen LogP contribution in [0.25, 0.3) is 11.3 Å². The number of hydrogen-bond donors (Lipinski definition) is 1. The first kappa shape index (κ1) is 29.7. The van der Waals surface area contributed by atoms with E-state index in [1.165, 1.54) is 17.0 Å². The van der Waals surface area contributed by atoms with E-state index >= 15 is 0 Å². The molecule has 0 unspecified atom stereocenters. The van der Waals surface area contributed by atoms with Crippen molar-refractivity contribution in [3.05, 3.63) is 77.5 Å². The van der Waals surface area contributed by atoms with Gasteiger partial charge < -0.3 is 24.4 Å². The Bertz CT molecular complexity index is 1390. The molecule has 1 N–H and O–H groups in total. The fourth-order valence-electron chi connectivity index (χ4n) is 4.64. The summed E-state index contributed by atoms with van der Waals surface area (Å²) in [4.78, 5) is 42.7. The number of likely N-dealkylation sites (tertiary alicyclic amines) is 1. The fourth-order valence-corrected chi connectivity index (χ4v) is 4.64. The van der Waals surface area contributed by atoms with Crippen LogP contribution in [0, 0.1) is 17.6 Å². The van der Waals surface area contributed by atoms with Gasteiger partial charge in [-0.05, 0) is 51.3 Å². The molecule has 3 amide bonds. The highest BCUT2D eigenvalue weighted by Crippen LogP contribution is 2.26. The molecule has 2 aromatic carbocycles. The molecule has 1 fully saturated rings. The second-order valence-corrected chi connectivity index (χ2v) is 11.1. The van der Waals surface area contributed by atoms with E-state index in [0.717, 1.165) is 11.6 Å². The van der Waals surface area contributed by atoms with E-state index in [-0.39, 0.29) is 36.0 Å². The summed E-state index contributed by atoms with van der Waals surface area (Å²) in [6, 6.07) is 13.4. The molecule has 3 aromatic rings. The van der Waals surface area contributed by atoms with Gasteiger partial charge in [0.15, 0.2) is 11.5 Å². The van der Waals surface area contributed by atoms with Gasteiger partial charge in [0, 0.05) is 44.9 Å². The molecule has 0 radical (unpaired) electrons. The number of likely N-dealkylation sites (N-methyl/N-ethyl adjacent to an activating group) is 1. The van der Waals surface area contributed by atoms with Crippen LogP contribution < -0.4 is 5.32 Å². The molecule has 1 aromatic heterocycles. The summed E-state index contributed by atoms with van der Waals surface area (Å²) in [5, 5.41) is 6.60. The van der Waals surface area contributed by atoms with Crippen molar-refractivity contribution in [3.8, 4) is 11.3 Å². The van der Waals surface area contributed by atoms with Crippen LogP contribution in [0.2, 0.25) is 0 Å². The maximum absolute atomic E-state index is 14.2. The Morgan fingerprint density at radius 2 is 1.85 bits per heavy atom. The molecule has 0 saturated carbocycles. The Hall–Kier alpha value is -4.28. The van der Waals surface area contributed by atoms with Crippen molar-refractivity contribution in [2.24, 2.45) is 5.92 Å². The lowest BCUT2D eigenvalue weighted by Crippen LogP contribution is -2.57. The number of amides is 3. The summed E-state index contributed by atoms with van der Waals surface area (Å²) in [6.45, 7) is 6.06. The summed E-state index contributed by atoms with van der Waals surface area (Å²) in [6.07, 6.45) is 0.407. The van der Waals surface area contributed by atoms with Crippen LogP contribution in [0.1, 0.15) is 43.2 Å². The Labute approximate surface area is 237 Å². The van der Waals surface area contributed by atoms with Crippen molar-refractivity contribution in [3.63, 3.8) is 0 Å². The van der Waals surface area contributed by atoms with E-state index < -0.39 is 41.2 Å². The van der Waals surface area contributed by atoms with Crippen LogP contribution >= 0.6 is 0 Å². The lowest BCUT2D eigenvalue weighted by molar-refractivity contribution is -0.136. The number of piperidine rings is 1. The topological polar surface area (TPSA) is 105 Å². The van der Waals surface area contributed by atoms with Gasteiger partial charge in [-0.3, -0.25) is 9.59 Å². The highest BCUT2D eigenvalue weighted by molar-refractivity contribution is 5.94. The number of ether oxygens (including phenoxy) is 1. The van der Waals surface area contributed by atoms with Crippen LogP contribution in [-0.2, 0) is 16.0 Å². The van der Waals surface area contributed by atoms with E-state index in [9.17, 15) is 23.2 Å². The van der Waals surface area contributed by atoms with Crippen LogP contribution in [0.5, 0.6) is 0 Å². The van der Waals surface area contributed by atoms with Crippen molar-refractivity contribution >= 4 is 17.9 Å². The van der Waals surface area contributed by atoms with Crippen molar-refractivity contribution in [2.45, 2.75) is 45.3 Å². The van der Waals surface area contributed by atoms with Crippen molar-refractivity contribution in [2.75, 3.05) is 26.7 Å². The summed E-state index contributed by atoms with van der Waals surface area (Å²) >= 11 is 0. The number of aromatic nitrogens is 1. The van der Waals surface area contributed by atoms with Gasteiger partial charge in [0.1, 0.15) is 17.2 Å². The molecule has 4 rings (SSSR count). The maximum atomic E-state index is 14.2. The highest BCUT2D eigenvalue weighted by atomic mass is 19.1. The molecule has 11 heteroatoms. The van der Waals surface area contributed by atoms with Crippen LogP contribution in [0.15, 0.2) is 59.1 Å². The van der Waals surface area contributed by atoms with Crippen LogP contribution in [0.3, 0.4) is 0 Å². The lowest BCUT2D eigenvalue weighted by Gasteiger charge is -2.39. The normalized spacial score (nSPS) is 17.2. The zero-order valence-electron chi connectivity index (χ0n) is 23.5. The Morgan fingerprint density at radius 1 is 1.12 bits per heavy atom. The predicted octanol–water partition coefficient (Wildman–Crippen LogP) is 4.68. The second kappa shape index (κ2) is 12.5. The Balaban J connectivity index is 1.49. The van der Waals surface area contributed by atoms with E-state index in [1.807, 2.05) is 30.3 Å². The van der Waals surface area contributed by atoms with Gasteiger partial charge >= 0.3 is 6.09 Å². The summed E-state index contributed by atoms with van der Waals surface area (Å²) < 4.78 is 38.2. The van der Waals surface area contributed by atoms with E-state index in [4.69, 9.17) is 9.26 Å². The first-order chi connectivity index (χ1) is 19.4. The Morgan fingerprint density at radius 3 is 2.54 bits per heavy atom. The van der Waals surface area contributed by atoms with Gasteiger partial charge in [-0.25, -0.2) is 13.6 Å². The minimum Gasteiger partial charge on any atom is -0.444 e. The molecular weight excluding hydrogens is 534 g/mol. The van der Waals surface area contributed by atoms with Gasteiger partial charge in [0.05, 0.1) is 11.5 Å². The molecule has 9 nitrogen and oxygen atoms in total. The number of hydrogen-bond acceptors (Lipinski definition) is 6. The van der Waals surface area contributed by atoms with Crippen LogP contribution in [-0.4, -0.2) is 71.2 Å². The number of carbonyl (C=O) groups is 3. The quantitative estimate of drug-likeness (QED) is 0.444. The number of nitrogens with one attached hydrogen (secondary N) is 1. The smallest absolute Gasteiger partial charge is 0.410 e. The van der Waals surface area contributed by atoms with Crippen LogP contribution in [0.4, 0.5) is 13.6 Å². The molecule has 41 heavy (non-hydrogen) atoms. The van der Waals surface area contributed by atoms with Gasteiger partial charge in [-0.15, -0.1) is 0 Å². The zero-order valence-corrected chi connectivity index (χ0v) is 23.5. The standard InChI is InChI=1S/C30H34F2N4O5/c1-30(2,3)40-29(39)36-15-13-24(22(18-36)28(38)35(4)14-12-19-8-6-5-7-9-19)33-27(37)25-17-26(41-34-25)21-11-10-20(31)16-23(21)32/h5-11,16-17,22,24H,12-15,18H2,1-4H3,(H,33,37)/t22-,24-/m1/s1. The molecule has 0 bridgehead atoms. The summed E-state index contributed by atoms with van der Waals surface area (Å²) in [7, 11) is 1.69. The minimum absolute atomic E-state index is 0.0410. The molecule has 1 aliphatic rings.